The molecule has 3 aromatic rings. The number of ether oxygens (including phenoxy) is 1. The number of aromatic nitrogens is 3. The van der Waals surface area contributed by atoms with Crippen molar-refractivity contribution in [3.63, 3.8) is 0 Å². The number of rotatable bonds is 5. The van der Waals surface area contributed by atoms with Crippen LogP contribution in [-0.4, -0.2) is 33.9 Å². The summed E-state index contributed by atoms with van der Waals surface area (Å²) in [7, 11) is 1.53. The molecule has 0 saturated heterocycles. The molecule has 9 nitrogen and oxygen atoms in total. The summed E-state index contributed by atoms with van der Waals surface area (Å²) in [6.07, 6.45) is 4.64. The normalized spacial score (nSPS) is 10.0. The smallest absolute Gasteiger partial charge is 0.326 e. The van der Waals surface area contributed by atoms with E-state index in [1.54, 1.807) is 42.6 Å². The van der Waals surface area contributed by atoms with Gasteiger partial charge in [-0.15, -0.1) is 0 Å². The number of urea groups is 1. The Labute approximate surface area is 148 Å². The van der Waals surface area contributed by atoms with Crippen LogP contribution in [0.5, 0.6) is 11.5 Å². The lowest BCUT2D eigenvalue weighted by Gasteiger charge is -2.09. The Balaban J connectivity index is 1.61. The summed E-state index contributed by atoms with van der Waals surface area (Å²) in [6, 6.07) is 9.55. The predicted octanol–water partition coefficient (Wildman–Crippen LogP) is 2.60. The van der Waals surface area contributed by atoms with Gasteiger partial charge in [0, 0.05) is 37.4 Å². The van der Waals surface area contributed by atoms with Gasteiger partial charge in [-0.1, -0.05) is 0 Å². The fourth-order valence-corrected chi connectivity index (χ4v) is 2.07. The molecule has 9 heteroatoms. The molecule has 0 unspecified atom stereocenters. The Morgan fingerprint density at radius 1 is 1.00 bits per heavy atom. The molecule has 0 fully saturated rings. The molecule has 1 aromatic carbocycles. The summed E-state index contributed by atoms with van der Waals surface area (Å²) in [6.45, 7) is 0. The van der Waals surface area contributed by atoms with Gasteiger partial charge in [-0.25, -0.2) is 9.78 Å². The number of anilines is 2. The number of aromatic amines is 1. The van der Waals surface area contributed by atoms with E-state index >= 15 is 0 Å². The molecule has 4 N–H and O–H groups in total. The lowest BCUT2D eigenvalue weighted by Crippen LogP contribution is -2.20. The standard InChI is InChI=1S/C17H16N6O3/c1-18-15(24)14-10-13(6-7-19-14)26-12-4-2-11(3-5-12)22-17(25)23-16-20-8-9-21-16/h2-10H,1H3,(H,18,24)(H3,20,21,22,23,25). The number of carbonyl (C=O) groups excluding carboxylic acids is 2. The van der Waals surface area contributed by atoms with Gasteiger partial charge in [0.1, 0.15) is 17.2 Å². The van der Waals surface area contributed by atoms with Gasteiger partial charge in [0.05, 0.1) is 0 Å². The first-order valence-electron chi connectivity index (χ1n) is 7.67. The van der Waals surface area contributed by atoms with Crippen LogP contribution in [-0.2, 0) is 0 Å². The number of amides is 3. The molecular formula is C17H16N6O3. The van der Waals surface area contributed by atoms with Crippen molar-refractivity contribution in [2.75, 3.05) is 17.7 Å². The Bertz CT molecular complexity index is 893. The average molecular weight is 352 g/mol. The molecule has 0 aliphatic rings. The van der Waals surface area contributed by atoms with E-state index in [0.29, 0.717) is 23.1 Å². The Kier molecular flexibility index (Phi) is 5.08. The lowest BCUT2D eigenvalue weighted by molar-refractivity contribution is 0.0958. The maximum atomic E-state index is 11.8. The second kappa shape index (κ2) is 7.79. The van der Waals surface area contributed by atoms with Crippen LogP contribution in [0.25, 0.3) is 0 Å². The number of nitrogens with one attached hydrogen (secondary N) is 4. The molecule has 3 amide bonds. The van der Waals surface area contributed by atoms with E-state index in [1.807, 2.05) is 0 Å². The van der Waals surface area contributed by atoms with Crippen molar-refractivity contribution in [3.05, 3.63) is 60.7 Å². The molecule has 3 rings (SSSR count). The van der Waals surface area contributed by atoms with Gasteiger partial charge >= 0.3 is 6.03 Å². The number of hydrogen-bond donors (Lipinski definition) is 4. The number of pyridine rings is 1. The number of nitrogens with zero attached hydrogens (tertiary/aromatic N) is 2. The predicted molar refractivity (Wildman–Crippen MR) is 95.4 cm³/mol. The second-order valence-electron chi connectivity index (χ2n) is 5.10. The average Bonchev–Trinajstić information content (AvgIpc) is 3.16. The summed E-state index contributed by atoms with van der Waals surface area (Å²) < 4.78 is 5.70. The van der Waals surface area contributed by atoms with Crippen molar-refractivity contribution < 1.29 is 14.3 Å². The lowest BCUT2D eigenvalue weighted by atomic mass is 10.3. The maximum Gasteiger partial charge on any atom is 0.326 e. The van der Waals surface area contributed by atoms with Crippen molar-refractivity contribution in [3.8, 4) is 11.5 Å². The summed E-state index contributed by atoms with van der Waals surface area (Å²) in [5.41, 5.74) is 0.847. The molecule has 0 saturated carbocycles. The van der Waals surface area contributed by atoms with Crippen molar-refractivity contribution in [2.24, 2.45) is 0 Å². The minimum Gasteiger partial charge on any atom is -0.457 e. The van der Waals surface area contributed by atoms with Crippen LogP contribution in [0.1, 0.15) is 10.5 Å². The van der Waals surface area contributed by atoms with E-state index in [1.165, 1.54) is 19.4 Å². The van der Waals surface area contributed by atoms with Crippen molar-refractivity contribution >= 4 is 23.6 Å². The van der Waals surface area contributed by atoms with Crippen LogP contribution in [0.4, 0.5) is 16.4 Å². The van der Waals surface area contributed by atoms with Gasteiger partial charge in [-0.2, -0.15) is 0 Å². The van der Waals surface area contributed by atoms with Gasteiger partial charge < -0.3 is 20.4 Å². The molecule has 0 radical (unpaired) electrons. The van der Waals surface area contributed by atoms with Gasteiger partial charge in [0.25, 0.3) is 5.91 Å². The highest BCUT2D eigenvalue weighted by Gasteiger charge is 2.07. The van der Waals surface area contributed by atoms with Crippen molar-refractivity contribution in [1.82, 2.24) is 20.3 Å². The zero-order chi connectivity index (χ0) is 18.4. The van der Waals surface area contributed by atoms with Crippen molar-refractivity contribution in [1.29, 1.82) is 0 Å². The van der Waals surface area contributed by atoms with Gasteiger partial charge in [0.15, 0.2) is 0 Å². The monoisotopic (exact) mass is 352 g/mol. The third kappa shape index (κ3) is 4.35. The Hall–Kier alpha value is -3.88. The van der Waals surface area contributed by atoms with E-state index in [4.69, 9.17) is 4.74 Å². The first-order valence-corrected chi connectivity index (χ1v) is 7.67. The topological polar surface area (TPSA) is 121 Å². The molecule has 26 heavy (non-hydrogen) atoms. The van der Waals surface area contributed by atoms with Gasteiger partial charge in [0.2, 0.25) is 5.95 Å². The molecule has 0 bridgehead atoms. The summed E-state index contributed by atoms with van der Waals surface area (Å²) >= 11 is 0. The van der Waals surface area contributed by atoms with E-state index in [-0.39, 0.29) is 11.6 Å². The van der Waals surface area contributed by atoms with E-state index < -0.39 is 6.03 Å². The number of imidazole rings is 1. The van der Waals surface area contributed by atoms with Crippen LogP contribution in [0, 0.1) is 0 Å². The van der Waals surface area contributed by atoms with E-state index in [2.05, 4.69) is 30.9 Å². The first kappa shape index (κ1) is 17.0. The molecule has 2 aromatic heterocycles. The zero-order valence-corrected chi connectivity index (χ0v) is 13.8. The van der Waals surface area contributed by atoms with E-state index in [9.17, 15) is 9.59 Å². The third-order valence-corrected chi connectivity index (χ3v) is 3.27. The highest BCUT2D eigenvalue weighted by Crippen LogP contribution is 2.23. The number of carbonyl (C=O) groups is 2. The van der Waals surface area contributed by atoms with E-state index in [0.717, 1.165) is 0 Å². The molecule has 2 heterocycles. The Morgan fingerprint density at radius 3 is 2.50 bits per heavy atom. The summed E-state index contributed by atoms with van der Waals surface area (Å²) in [5, 5.41) is 7.73. The van der Waals surface area contributed by atoms with Crippen LogP contribution in [0.2, 0.25) is 0 Å². The molecule has 0 aliphatic carbocycles. The van der Waals surface area contributed by atoms with Crippen LogP contribution in [0.3, 0.4) is 0 Å². The zero-order valence-electron chi connectivity index (χ0n) is 13.8. The van der Waals surface area contributed by atoms with Crippen LogP contribution in [0.15, 0.2) is 55.0 Å². The minimum absolute atomic E-state index is 0.262. The SMILES string of the molecule is CNC(=O)c1cc(Oc2ccc(NC(=O)Nc3ncc[nH]3)cc2)ccn1. The van der Waals surface area contributed by atoms with Gasteiger partial charge in [-0.05, 0) is 30.3 Å². The largest absolute Gasteiger partial charge is 0.457 e. The Morgan fingerprint density at radius 2 is 1.81 bits per heavy atom. The van der Waals surface area contributed by atoms with Gasteiger partial charge in [-0.3, -0.25) is 15.1 Å². The fourth-order valence-electron chi connectivity index (χ4n) is 2.07. The molecule has 0 aliphatic heterocycles. The third-order valence-electron chi connectivity index (χ3n) is 3.27. The highest BCUT2D eigenvalue weighted by atomic mass is 16.5. The maximum absolute atomic E-state index is 11.8. The molecule has 132 valence electrons. The number of benzene rings is 1. The number of H-pyrrole nitrogens is 1. The van der Waals surface area contributed by atoms with Crippen molar-refractivity contribution in [2.45, 2.75) is 0 Å². The highest BCUT2D eigenvalue weighted by molar-refractivity contribution is 5.98. The molecular weight excluding hydrogens is 336 g/mol. The van der Waals surface area contributed by atoms with Crippen LogP contribution < -0.4 is 20.7 Å². The van der Waals surface area contributed by atoms with Crippen LogP contribution >= 0.6 is 0 Å². The quantitative estimate of drug-likeness (QED) is 0.562. The number of hydrogen-bond acceptors (Lipinski definition) is 5. The minimum atomic E-state index is -0.419. The first-order chi connectivity index (χ1) is 12.6. The summed E-state index contributed by atoms with van der Waals surface area (Å²) in [4.78, 5) is 34.1. The molecule has 0 atom stereocenters. The molecule has 0 spiro atoms. The second-order valence-corrected chi connectivity index (χ2v) is 5.10. The summed E-state index contributed by atoms with van der Waals surface area (Å²) in [5.74, 6) is 1.09. The fraction of sp³-hybridized carbons (Fsp3) is 0.0588.